The van der Waals surface area contributed by atoms with Crippen LogP contribution in [0.1, 0.15) is 75.6 Å². The number of carbonyl (C=O) groups excluding carboxylic acids is 4. The van der Waals surface area contributed by atoms with Crippen LogP contribution in [0.4, 0.5) is 0 Å². The average Bonchev–Trinajstić information content (AvgIpc) is 3.34. The average molecular weight is 501 g/mol. The van der Waals surface area contributed by atoms with Crippen LogP contribution in [0.15, 0.2) is 42.7 Å². The molecular formula is C26H40N6O4. The lowest BCUT2D eigenvalue weighted by Gasteiger charge is -2.34. The molecular weight excluding hydrogens is 460 g/mol. The lowest BCUT2D eigenvalue weighted by atomic mass is 9.90. The van der Waals surface area contributed by atoms with Crippen LogP contribution in [-0.4, -0.2) is 47.3 Å². The first-order valence-electron chi connectivity index (χ1n) is 12.6. The molecule has 0 spiro atoms. The quantitative estimate of drug-likeness (QED) is 0.210. The van der Waals surface area contributed by atoms with Crippen LogP contribution in [-0.2, 0) is 14.4 Å². The Morgan fingerprint density at radius 1 is 1.06 bits per heavy atom. The largest absolute Gasteiger partial charge is 0.386 e. The molecule has 10 heteroatoms. The normalized spacial score (nSPS) is 15.4. The number of hydrogen-bond acceptors (Lipinski definition) is 6. The van der Waals surface area contributed by atoms with Gasteiger partial charge in [-0.15, -0.1) is 0 Å². The van der Waals surface area contributed by atoms with Crippen LogP contribution in [0.3, 0.4) is 0 Å². The maximum atomic E-state index is 13.6. The van der Waals surface area contributed by atoms with Gasteiger partial charge in [0.05, 0.1) is 5.82 Å². The number of rotatable bonds is 14. The molecule has 1 atom stereocenters. The van der Waals surface area contributed by atoms with E-state index in [1.807, 2.05) is 0 Å². The van der Waals surface area contributed by atoms with Crippen molar-refractivity contribution in [3.63, 3.8) is 0 Å². The van der Waals surface area contributed by atoms with Crippen molar-refractivity contribution in [1.82, 2.24) is 21.3 Å². The molecule has 1 saturated carbocycles. The third-order valence-corrected chi connectivity index (χ3v) is 6.97. The van der Waals surface area contributed by atoms with Crippen molar-refractivity contribution in [3.8, 4) is 0 Å². The first-order valence-corrected chi connectivity index (χ1v) is 12.6. The Morgan fingerprint density at radius 3 is 2.19 bits per heavy atom. The smallest absolute Gasteiger partial charge is 0.252 e. The highest BCUT2D eigenvalue weighted by Gasteiger charge is 2.43. The summed E-state index contributed by atoms with van der Waals surface area (Å²) in [7, 11) is 0. The molecule has 10 nitrogen and oxygen atoms in total. The van der Waals surface area contributed by atoms with Crippen LogP contribution >= 0.6 is 0 Å². The number of nitrogens with one attached hydrogen (secondary N) is 4. The van der Waals surface area contributed by atoms with E-state index in [9.17, 15) is 19.2 Å². The number of hydrogen-bond donors (Lipinski definition) is 6. The van der Waals surface area contributed by atoms with Crippen molar-refractivity contribution < 1.29 is 19.2 Å². The second kappa shape index (κ2) is 12.9. The van der Waals surface area contributed by atoms with Crippen LogP contribution < -0.4 is 32.7 Å². The van der Waals surface area contributed by atoms with Crippen LogP contribution in [0.5, 0.6) is 0 Å². The molecule has 4 amide bonds. The topological polar surface area (TPSA) is 168 Å². The van der Waals surface area contributed by atoms with Crippen molar-refractivity contribution >= 4 is 23.6 Å². The van der Waals surface area contributed by atoms with Gasteiger partial charge < -0.3 is 32.7 Å². The molecule has 198 valence electrons. The zero-order valence-corrected chi connectivity index (χ0v) is 21.3. The molecule has 1 aromatic carbocycles. The molecule has 0 saturated heterocycles. The van der Waals surface area contributed by atoms with E-state index < -0.39 is 34.8 Å². The molecule has 0 heterocycles. The second-order valence-electron chi connectivity index (χ2n) is 9.37. The van der Waals surface area contributed by atoms with Crippen LogP contribution in [0, 0.1) is 0 Å². The second-order valence-corrected chi connectivity index (χ2v) is 9.37. The van der Waals surface area contributed by atoms with Crippen LogP contribution in [0.2, 0.25) is 0 Å². The van der Waals surface area contributed by atoms with Gasteiger partial charge in [0.1, 0.15) is 17.1 Å². The zero-order valence-electron chi connectivity index (χ0n) is 21.3. The van der Waals surface area contributed by atoms with E-state index in [0.29, 0.717) is 50.0 Å². The predicted octanol–water partition coefficient (Wildman–Crippen LogP) is 1.17. The standard InChI is InChI=1S/C26H40N6O4/c1-4-25(5-2,31-21(33)19-12-7-6-8-13-19)24(36)30-20(14-11-17-29-18(3)27)22(34)32-26(23(28)35)15-9-10-16-26/h6-8,12-13,20,29H,3-5,9-11,14-17,27H2,1-2H3,(H2,28,35)(H,30,36)(H,31,33)(H,32,34)/t20-/m0/s1. The number of nitrogens with two attached hydrogens (primary N) is 2. The van der Waals surface area contributed by atoms with Crippen molar-refractivity contribution in [2.24, 2.45) is 11.5 Å². The van der Waals surface area contributed by atoms with Crippen molar-refractivity contribution in [3.05, 3.63) is 48.3 Å². The molecule has 0 aliphatic heterocycles. The Labute approximate surface area is 213 Å². The fourth-order valence-electron chi connectivity index (χ4n) is 4.54. The van der Waals surface area contributed by atoms with E-state index in [4.69, 9.17) is 11.5 Å². The van der Waals surface area contributed by atoms with Crippen molar-refractivity contribution in [2.75, 3.05) is 6.54 Å². The van der Waals surface area contributed by atoms with Gasteiger partial charge in [-0.3, -0.25) is 19.2 Å². The fraction of sp³-hybridized carbons (Fsp3) is 0.538. The monoisotopic (exact) mass is 500 g/mol. The molecule has 0 unspecified atom stereocenters. The Kier molecular flexibility index (Phi) is 10.3. The van der Waals surface area contributed by atoms with E-state index >= 15 is 0 Å². The van der Waals surface area contributed by atoms with Gasteiger partial charge in [0.25, 0.3) is 5.91 Å². The number of carbonyl (C=O) groups is 4. The molecule has 0 aromatic heterocycles. The van der Waals surface area contributed by atoms with Gasteiger partial charge in [0, 0.05) is 12.1 Å². The summed E-state index contributed by atoms with van der Waals surface area (Å²) in [6.45, 7) is 7.65. The number of amides is 4. The molecule has 0 bridgehead atoms. The highest BCUT2D eigenvalue weighted by Crippen LogP contribution is 2.29. The third kappa shape index (κ3) is 7.22. The van der Waals surface area contributed by atoms with E-state index in [-0.39, 0.29) is 12.3 Å². The molecule has 1 aliphatic carbocycles. The first kappa shape index (κ1) is 28.7. The van der Waals surface area contributed by atoms with E-state index in [1.165, 1.54) is 0 Å². The highest BCUT2D eigenvalue weighted by atomic mass is 16.2. The van der Waals surface area contributed by atoms with Crippen molar-refractivity contribution in [2.45, 2.75) is 82.3 Å². The number of benzene rings is 1. The molecule has 1 aromatic rings. The highest BCUT2D eigenvalue weighted by molar-refractivity contribution is 6.00. The molecule has 2 rings (SSSR count). The Hall–Kier alpha value is -3.56. The summed E-state index contributed by atoms with van der Waals surface area (Å²) in [4.78, 5) is 51.9. The molecule has 36 heavy (non-hydrogen) atoms. The SMILES string of the molecule is C=C(N)NCCC[C@H](NC(=O)C(CC)(CC)NC(=O)c1ccccc1)C(=O)NC1(C(N)=O)CCCC1. The minimum Gasteiger partial charge on any atom is -0.386 e. The zero-order chi connectivity index (χ0) is 26.8. The Balaban J connectivity index is 2.22. The maximum Gasteiger partial charge on any atom is 0.252 e. The van der Waals surface area contributed by atoms with Gasteiger partial charge in [-0.2, -0.15) is 0 Å². The number of primary amides is 1. The van der Waals surface area contributed by atoms with Crippen molar-refractivity contribution in [1.29, 1.82) is 0 Å². The summed E-state index contributed by atoms with van der Waals surface area (Å²) in [5, 5.41) is 11.4. The summed E-state index contributed by atoms with van der Waals surface area (Å²) < 4.78 is 0. The van der Waals surface area contributed by atoms with E-state index in [0.717, 1.165) is 12.8 Å². The maximum absolute atomic E-state index is 13.6. The van der Waals surface area contributed by atoms with Gasteiger partial charge in [-0.25, -0.2) is 0 Å². The van der Waals surface area contributed by atoms with Gasteiger partial charge in [0.15, 0.2) is 0 Å². The van der Waals surface area contributed by atoms with Gasteiger partial charge in [-0.1, -0.05) is 51.5 Å². The summed E-state index contributed by atoms with van der Waals surface area (Å²) in [5.41, 5.74) is 9.29. The molecule has 8 N–H and O–H groups in total. The predicted molar refractivity (Wildman–Crippen MR) is 138 cm³/mol. The first-order chi connectivity index (χ1) is 17.1. The van der Waals surface area contributed by atoms with Gasteiger partial charge in [-0.05, 0) is 50.7 Å². The lowest BCUT2D eigenvalue weighted by molar-refractivity contribution is -0.136. The lowest BCUT2D eigenvalue weighted by Crippen LogP contribution is -2.64. The molecule has 1 fully saturated rings. The Morgan fingerprint density at radius 2 is 1.67 bits per heavy atom. The molecule has 0 radical (unpaired) electrons. The fourth-order valence-corrected chi connectivity index (χ4v) is 4.54. The van der Waals surface area contributed by atoms with E-state index in [1.54, 1.807) is 44.2 Å². The Bertz CT molecular complexity index is 939. The van der Waals surface area contributed by atoms with Gasteiger partial charge >= 0.3 is 0 Å². The van der Waals surface area contributed by atoms with E-state index in [2.05, 4.69) is 27.8 Å². The molecule has 1 aliphatic rings. The summed E-state index contributed by atoms with van der Waals surface area (Å²) >= 11 is 0. The summed E-state index contributed by atoms with van der Waals surface area (Å²) in [5.74, 6) is -1.59. The minimum atomic E-state index is -1.22. The third-order valence-electron chi connectivity index (χ3n) is 6.97. The van der Waals surface area contributed by atoms with Crippen LogP contribution in [0.25, 0.3) is 0 Å². The van der Waals surface area contributed by atoms with Gasteiger partial charge in [0.2, 0.25) is 17.7 Å². The summed E-state index contributed by atoms with van der Waals surface area (Å²) in [6, 6.07) is 7.70. The minimum absolute atomic E-state index is 0.281. The summed E-state index contributed by atoms with van der Waals surface area (Å²) in [6.07, 6.45) is 3.91.